The normalized spacial score (nSPS) is 12.7. The highest BCUT2D eigenvalue weighted by Gasteiger charge is 2.23. The third-order valence-corrected chi connectivity index (χ3v) is 3.27. The van der Waals surface area contributed by atoms with Crippen LogP contribution in [0.2, 0.25) is 0 Å². The summed E-state index contributed by atoms with van der Waals surface area (Å²) < 4.78 is 19.1. The third-order valence-electron chi connectivity index (χ3n) is 3.27. The van der Waals surface area contributed by atoms with Crippen LogP contribution in [0.3, 0.4) is 0 Å². The molecular weight excluding hydrogens is 284 g/mol. The van der Waals surface area contributed by atoms with Crippen molar-refractivity contribution in [2.24, 2.45) is 0 Å². The maximum absolute atomic E-state index is 14.0. The quantitative estimate of drug-likeness (QED) is 0.926. The van der Waals surface area contributed by atoms with Gasteiger partial charge in [-0.15, -0.1) is 0 Å². The molecule has 1 N–H and O–H groups in total. The van der Waals surface area contributed by atoms with E-state index in [4.69, 9.17) is 4.74 Å². The molecule has 4 nitrogen and oxygen atoms in total. The number of hydrogen-bond acceptors (Lipinski definition) is 3. The van der Waals surface area contributed by atoms with Crippen molar-refractivity contribution in [3.63, 3.8) is 0 Å². The largest absolute Gasteiger partial charge is 0.444 e. The summed E-state index contributed by atoms with van der Waals surface area (Å²) in [4.78, 5) is 23.5. The van der Waals surface area contributed by atoms with Crippen LogP contribution < -0.4 is 5.32 Å². The molecule has 22 heavy (non-hydrogen) atoms. The summed E-state index contributed by atoms with van der Waals surface area (Å²) in [7, 11) is 0. The molecule has 0 bridgehead atoms. The van der Waals surface area contributed by atoms with Crippen LogP contribution in [0.5, 0.6) is 0 Å². The van der Waals surface area contributed by atoms with E-state index in [1.807, 2.05) is 13.8 Å². The zero-order valence-corrected chi connectivity index (χ0v) is 14.0. The van der Waals surface area contributed by atoms with Crippen molar-refractivity contribution in [3.8, 4) is 0 Å². The molecule has 5 heteroatoms. The average Bonchev–Trinajstić information content (AvgIpc) is 2.32. The van der Waals surface area contributed by atoms with E-state index in [0.29, 0.717) is 5.56 Å². The molecule has 0 aliphatic heterocycles. The van der Waals surface area contributed by atoms with Crippen LogP contribution in [0, 0.1) is 19.7 Å². The molecular formula is C17H24FNO3. The molecule has 122 valence electrons. The lowest BCUT2D eigenvalue weighted by molar-refractivity contribution is -0.119. The molecule has 1 aromatic rings. The van der Waals surface area contributed by atoms with E-state index in [9.17, 15) is 14.0 Å². The summed E-state index contributed by atoms with van der Waals surface area (Å²) in [5.41, 5.74) is 1.54. The van der Waals surface area contributed by atoms with E-state index in [1.54, 1.807) is 26.8 Å². The van der Waals surface area contributed by atoms with Gasteiger partial charge in [0.25, 0.3) is 0 Å². The fourth-order valence-electron chi connectivity index (χ4n) is 1.96. The van der Waals surface area contributed by atoms with E-state index in [1.165, 1.54) is 13.0 Å². The fourth-order valence-corrected chi connectivity index (χ4v) is 1.96. The van der Waals surface area contributed by atoms with Gasteiger partial charge < -0.3 is 10.1 Å². The Morgan fingerprint density at radius 1 is 1.23 bits per heavy atom. The number of rotatable bonds is 4. The number of amides is 1. The van der Waals surface area contributed by atoms with Gasteiger partial charge in [0.2, 0.25) is 0 Å². The van der Waals surface area contributed by atoms with Gasteiger partial charge in [0.15, 0.2) is 5.78 Å². The van der Waals surface area contributed by atoms with E-state index in [0.717, 1.165) is 11.1 Å². The van der Waals surface area contributed by atoms with Gasteiger partial charge in [0.05, 0.1) is 6.04 Å². The summed E-state index contributed by atoms with van der Waals surface area (Å²) in [5, 5.41) is 2.51. The first-order valence-electron chi connectivity index (χ1n) is 7.25. The molecule has 0 spiro atoms. The van der Waals surface area contributed by atoms with Crippen LogP contribution in [-0.2, 0) is 16.0 Å². The van der Waals surface area contributed by atoms with Crippen LogP contribution in [-0.4, -0.2) is 23.5 Å². The first-order valence-corrected chi connectivity index (χ1v) is 7.25. The van der Waals surface area contributed by atoms with Crippen molar-refractivity contribution >= 4 is 11.9 Å². The van der Waals surface area contributed by atoms with E-state index in [-0.39, 0.29) is 18.0 Å². The molecule has 0 aliphatic rings. The lowest BCUT2D eigenvalue weighted by atomic mass is 9.98. The molecule has 0 fully saturated rings. The number of ketones is 1. The Kier molecular flexibility index (Phi) is 5.69. The Balaban J connectivity index is 2.88. The van der Waals surface area contributed by atoms with Crippen molar-refractivity contribution in [3.05, 3.63) is 34.6 Å². The number of Topliss-reactive ketones (excluding diaryl/α,β-unsaturated/α-hetero) is 1. The maximum atomic E-state index is 14.0. The highest BCUT2D eigenvalue weighted by atomic mass is 18.2. The Labute approximate surface area is 131 Å². The van der Waals surface area contributed by atoms with Gasteiger partial charge in [0.1, 0.15) is 11.4 Å². The highest BCUT2D eigenvalue weighted by molar-refractivity contribution is 5.85. The molecule has 0 aliphatic carbocycles. The Morgan fingerprint density at radius 3 is 2.27 bits per heavy atom. The Bertz CT molecular complexity index is 576. The predicted octanol–water partition coefficient (Wildman–Crippen LogP) is 3.47. The molecule has 1 amide bonds. The summed E-state index contributed by atoms with van der Waals surface area (Å²) in [6.07, 6.45) is -0.585. The van der Waals surface area contributed by atoms with Gasteiger partial charge in [-0.3, -0.25) is 4.79 Å². The summed E-state index contributed by atoms with van der Waals surface area (Å²) in [6.45, 7) is 10.3. The first-order chi connectivity index (χ1) is 9.99. The van der Waals surface area contributed by atoms with Gasteiger partial charge >= 0.3 is 6.09 Å². The number of hydrogen-bond donors (Lipinski definition) is 1. The van der Waals surface area contributed by atoms with Crippen molar-refractivity contribution < 1.29 is 18.7 Å². The molecule has 0 unspecified atom stereocenters. The van der Waals surface area contributed by atoms with Crippen molar-refractivity contribution in [1.29, 1.82) is 0 Å². The summed E-state index contributed by atoms with van der Waals surface area (Å²) >= 11 is 0. The zero-order chi connectivity index (χ0) is 17.1. The number of ether oxygens (including phenoxy) is 1. The van der Waals surface area contributed by atoms with Crippen molar-refractivity contribution in [1.82, 2.24) is 5.32 Å². The molecule has 0 aromatic heterocycles. The van der Waals surface area contributed by atoms with Crippen molar-refractivity contribution in [2.45, 2.75) is 59.6 Å². The van der Waals surface area contributed by atoms with Crippen LogP contribution >= 0.6 is 0 Å². The van der Waals surface area contributed by atoms with Gasteiger partial charge in [-0.25, -0.2) is 9.18 Å². The number of aryl methyl sites for hydroxylation is 2. The van der Waals surface area contributed by atoms with Gasteiger partial charge in [-0.05, 0) is 64.3 Å². The first kappa shape index (κ1) is 18.1. The fraction of sp³-hybridized carbons (Fsp3) is 0.529. The summed E-state index contributed by atoms with van der Waals surface area (Å²) in [6, 6.07) is 2.33. The zero-order valence-electron chi connectivity index (χ0n) is 14.0. The van der Waals surface area contributed by atoms with E-state index < -0.39 is 17.7 Å². The lowest BCUT2D eigenvalue weighted by Gasteiger charge is -2.23. The van der Waals surface area contributed by atoms with Crippen LogP contribution in [0.25, 0.3) is 0 Å². The second kappa shape index (κ2) is 6.90. The molecule has 1 rings (SSSR count). The van der Waals surface area contributed by atoms with Crippen LogP contribution in [0.4, 0.5) is 9.18 Å². The van der Waals surface area contributed by atoms with Gasteiger partial charge in [-0.2, -0.15) is 0 Å². The minimum atomic E-state index is -0.813. The number of alkyl carbamates (subject to hydrolysis) is 1. The molecule has 0 saturated carbocycles. The minimum absolute atomic E-state index is 0.0987. The molecule has 1 atom stereocenters. The maximum Gasteiger partial charge on any atom is 0.408 e. The number of carbonyl (C=O) groups excluding carboxylic acids is 2. The minimum Gasteiger partial charge on any atom is -0.444 e. The molecule has 1 aromatic carbocycles. The van der Waals surface area contributed by atoms with E-state index >= 15 is 0 Å². The highest BCUT2D eigenvalue weighted by Crippen LogP contribution is 2.17. The average molecular weight is 308 g/mol. The number of nitrogens with one attached hydrogen (secondary N) is 1. The molecule has 0 heterocycles. The SMILES string of the molecule is CC(=O)[C@H](Cc1cc(C)c(C)cc1[18F])NC(=O)OC(C)(C)C. The third kappa shape index (κ3) is 5.47. The van der Waals surface area contributed by atoms with Crippen molar-refractivity contribution in [2.75, 3.05) is 0 Å². The molecule has 0 saturated heterocycles. The van der Waals surface area contributed by atoms with Crippen LogP contribution in [0.15, 0.2) is 12.1 Å². The smallest absolute Gasteiger partial charge is 0.408 e. The molecule has 0 radical (unpaired) electrons. The standard InChI is InChI=1S/C17H24FNO3/c1-10-7-13(14(18)8-11(10)2)9-15(12(3)20)19-16(21)22-17(4,5)6/h7-8,15H,9H2,1-6H3,(H,19,21)/t15-/m0/s1/i18-1. The Morgan fingerprint density at radius 2 is 1.77 bits per heavy atom. The summed E-state index contributed by atoms with van der Waals surface area (Å²) in [5.74, 6) is -0.621. The monoisotopic (exact) mass is 308 g/mol. The van der Waals surface area contributed by atoms with Gasteiger partial charge in [0, 0.05) is 6.42 Å². The van der Waals surface area contributed by atoms with Gasteiger partial charge in [-0.1, -0.05) is 6.07 Å². The van der Waals surface area contributed by atoms with E-state index in [2.05, 4.69) is 5.32 Å². The second-order valence-corrected chi connectivity index (χ2v) is 6.54. The topological polar surface area (TPSA) is 55.4 Å². The number of halogens is 1. The van der Waals surface area contributed by atoms with Crippen LogP contribution in [0.1, 0.15) is 44.4 Å². The Hall–Kier alpha value is -1.91. The lowest BCUT2D eigenvalue weighted by Crippen LogP contribution is -2.44. The number of carbonyl (C=O) groups is 2. The predicted molar refractivity (Wildman–Crippen MR) is 83.4 cm³/mol. The second-order valence-electron chi connectivity index (χ2n) is 6.54. The number of benzene rings is 1.